The predicted octanol–water partition coefficient (Wildman–Crippen LogP) is 3.48. The molecular formula is C22H25N5O3S. The number of nitrogens with one attached hydrogen (secondary N) is 1. The molecule has 1 fully saturated rings. The fourth-order valence-corrected chi connectivity index (χ4v) is 5.08. The van der Waals surface area contributed by atoms with Crippen LogP contribution in [-0.2, 0) is 4.74 Å². The van der Waals surface area contributed by atoms with Gasteiger partial charge in [0.2, 0.25) is 5.95 Å². The zero-order chi connectivity index (χ0) is 22.0. The van der Waals surface area contributed by atoms with Gasteiger partial charge in [0, 0.05) is 23.5 Å². The third kappa shape index (κ3) is 4.52. The van der Waals surface area contributed by atoms with Crippen LogP contribution < -0.4 is 16.0 Å². The Morgan fingerprint density at radius 2 is 2.06 bits per heavy atom. The SMILES string of the molecule is CCN(c1ncc(C)c(-c2cc3ccc(C(=O)OC(N)=O)cc3s2)n1)C1CCNCC1. The Morgan fingerprint density at radius 3 is 2.77 bits per heavy atom. The first-order chi connectivity index (χ1) is 15.0. The maximum Gasteiger partial charge on any atom is 0.412 e. The molecule has 8 nitrogen and oxygen atoms in total. The lowest BCUT2D eigenvalue weighted by atomic mass is 10.1. The van der Waals surface area contributed by atoms with Crippen LogP contribution in [0.5, 0.6) is 0 Å². The summed E-state index contributed by atoms with van der Waals surface area (Å²) in [5, 5.41) is 4.39. The topological polar surface area (TPSA) is 110 Å². The summed E-state index contributed by atoms with van der Waals surface area (Å²) in [4.78, 5) is 35.7. The molecule has 0 unspecified atom stereocenters. The number of hydrogen-bond donors (Lipinski definition) is 2. The molecule has 3 aromatic rings. The van der Waals surface area contributed by atoms with Crippen molar-refractivity contribution in [2.24, 2.45) is 5.73 Å². The van der Waals surface area contributed by atoms with E-state index >= 15 is 0 Å². The Bertz CT molecular complexity index is 1120. The van der Waals surface area contributed by atoms with Crippen molar-refractivity contribution in [1.82, 2.24) is 15.3 Å². The van der Waals surface area contributed by atoms with E-state index in [2.05, 4.69) is 32.9 Å². The van der Waals surface area contributed by atoms with Crippen LogP contribution in [0.15, 0.2) is 30.5 Å². The number of thiophene rings is 1. The van der Waals surface area contributed by atoms with Gasteiger partial charge in [-0.05, 0) is 68.9 Å². The minimum Gasteiger partial charge on any atom is -0.373 e. The Balaban J connectivity index is 1.67. The van der Waals surface area contributed by atoms with E-state index in [-0.39, 0.29) is 5.56 Å². The van der Waals surface area contributed by atoms with Crippen LogP contribution in [0, 0.1) is 6.92 Å². The van der Waals surface area contributed by atoms with Gasteiger partial charge in [0.05, 0.1) is 16.1 Å². The number of primary amides is 1. The molecule has 0 spiro atoms. The number of aromatic nitrogens is 2. The molecule has 1 saturated heterocycles. The van der Waals surface area contributed by atoms with Crippen molar-refractivity contribution < 1.29 is 14.3 Å². The number of esters is 1. The van der Waals surface area contributed by atoms with Crippen LogP contribution in [0.1, 0.15) is 35.7 Å². The lowest BCUT2D eigenvalue weighted by molar-refractivity contribution is 0.0638. The molecule has 31 heavy (non-hydrogen) atoms. The number of anilines is 1. The number of ether oxygens (including phenoxy) is 1. The third-order valence-corrected chi connectivity index (χ3v) is 6.59. The maximum absolute atomic E-state index is 12.0. The molecule has 0 aliphatic carbocycles. The summed E-state index contributed by atoms with van der Waals surface area (Å²) in [5.41, 5.74) is 7.10. The normalized spacial score (nSPS) is 14.5. The highest BCUT2D eigenvalue weighted by Gasteiger charge is 2.23. The summed E-state index contributed by atoms with van der Waals surface area (Å²) < 4.78 is 5.38. The number of benzene rings is 1. The van der Waals surface area contributed by atoms with Crippen LogP contribution in [0.4, 0.5) is 10.7 Å². The molecule has 3 N–H and O–H groups in total. The minimum absolute atomic E-state index is 0.280. The number of nitrogens with two attached hydrogens (primary N) is 1. The third-order valence-electron chi connectivity index (χ3n) is 5.49. The summed E-state index contributed by atoms with van der Waals surface area (Å²) in [6.45, 7) is 7.01. The lowest BCUT2D eigenvalue weighted by Gasteiger charge is -2.34. The summed E-state index contributed by atoms with van der Waals surface area (Å²) >= 11 is 1.54. The monoisotopic (exact) mass is 439 g/mol. The highest BCUT2D eigenvalue weighted by Crippen LogP contribution is 2.35. The molecule has 1 aliphatic rings. The van der Waals surface area contributed by atoms with E-state index in [1.54, 1.807) is 12.1 Å². The zero-order valence-electron chi connectivity index (χ0n) is 17.6. The summed E-state index contributed by atoms with van der Waals surface area (Å²) in [6.07, 6.45) is 2.91. The number of piperidine rings is 1. The highest BCUT2D eigenvalue weighted by atomic mass is 32.1. The molecule has 2 aromatic heterocycles. The van der Waals surface area contributed by atoms with E-state index in [0.29, 0.717) is 6.04 Å². The van der Waals surface area contributed by atoms with Gasteiger partial charge in [-0.15, -0.1) is 11.3 Å². The zero-order valence-corrected chi connectivity index (χ0v) is 18.4. The first-order valence-electron chi connectivity index (χ1n) is 10.3. The van der Waals surface area contributed by atoms with Gasteiger partial charge in [-0.1, -0.05) is 6.07 Å². The van der Waals surface area contributed by atoms with Crippen molar-refractivity contribution in [3.8, 4) is 10.6 Å². The Kier molecular flexibility index (Phi) is 6.15. The molecule has 9 heteroatoms. The van der Waals surface area contributed by atoms with Crippen molar-refractivity contribution >= 4 is 39.4 Å². The molecule has 4 rings (SSSR count). The van der Waals surface area contributed by atoms with Gasteiger partial charge in [-0.25, -0.2) is 19.6 Å². The van der Waals surface area contributed by atoms with Crippen molar-refractivity contribution in [3.05, 3.63) is 41.6 Å². The fourth-order valence-electron chi connectivity index (χ4n) is 3.93. The molecule has 1 amide bonds. The van der Waals surface area contributed by atoms with Crippen molar-refractivity contribution in [2.45, 2.75) is 32.7 Å². The minimum atomic E-state index is -1.12. The van der Waals surface area contributed by atoms with E-state index < -0.39 is 12.1 Å². The number of hydrogen-bond acceptors (Lipinski definition) is 8. The first kappa shape index (κ1) is 21.2. The predicted molar refractivity (Wildman–Crippen MR) is 121 cm³/mol. The molecule has 162 valence electrons. The smallest absolute Gasteiger partial charge is 0.373 e. The van der Waals surface area contributed by atoms with Crippen molar-refractivity contribution in [2.75, 3.05) is 24.5 Å². The second-order valence-corrected chi connectivity index (χ2v) is 8.62. The Labute approximate surface area is 184 Å². The number of rotatable bonds is 5. The van der Waals surface area contributed by atoms with E-state index in [0.717, 1.165) is 64.6 Å². The summed E-state index contributed by atoms with van der Waals surface area (Å²) in [5.74, 6) is -0.0106. The molecule has 0 atom stereocenters. The quantitative estimate of drug-likeness (QED) is 0.462. The van der Waals surface area contributed by atoms with Gasteiger partial charge in [-0.3, -0.25) is 0 Å². The van der Waals surface area contributed by atoms with E-state index in [4.69, 9.17) is 10.7 Å². The van der Waals surface area contributed by atoms with Gasteiger partial charge in [-0.2, -0.15) is 0 Å². The average Bonchev–Trinajstić information content (AvgIpc) is 3.19. The standard InChI is InChI=1S/C22H25N5O3S/c1-3-27(16-6-8-24-9-7-16)22-25-12-13(2)19(26-22)18-10-14-4-5-15(11-17(14)31-18)20(28)30-21(23)29/h4-5,10-12,16,24H,3,6-9H2,1-2H3,(H2,23,29). The lowest BCUT2D eigenvalue weighted by Crippen LogP contribution is -2.44. The van der Waals surface area contributed by atoms with Gasteiger partial charge in [0.1, 0.15) is 0 Å². The second-order valence-electron chi connectivity index (χ2n) is 7.54. The maximum atomic E-state index is 12.0. The largest absolute Gasteiger partial charge is 0.412 e. The van der Waals surface area contributed by atoms with E-state index in [1.807, 2.05) is 19.2 Å². The molecule has 0 saturated carbocycles. The van der Waals surface area contributed by atoms with Crippen molar-refractivity contribution in [1.29, 1.82) is 0 Å². The molecule has 0 radical (unpaired) electrons. The molecule has 1 aromatic carbocycles. The summed E-state index contributed by atoms with van der Waals surface area (Å²) in [6, 6.07) is 7.65. The molecule has 1 aliphatic heterocycles. The number of aryl methyl sites for hydroxylation is 1. The number of fused-ring (bicyclic) bond motifs is 1. The summed E-state index contributed by atoms with van der Waals surface area (Å²) in [7, 11) is 0. The number of carbonyl (C=O) groups is 2. The molecular weight excluding hydrogens is 414 g/mol. The first-order valence-corrected chi connectivity index (χ1v) is 11.1. The van der Waals surface area contributed by atoms with Gasteiger partial charge in [0.25, 0.3) is 0 Å². The fraction of sp³-hybridized carbons (Fsp3) is 0.364. The van der Waals surface area contributed by atoms with Gasteiger partial charge < -0.3 is 20.7 Å². The van der Waals surface area contributed by atoms with Crippen LogP contribution in [0.2, 0.25) is 0 Å². The van der Waals surface area contributed by atoms with E-state index in [1.165, 1.54) is 11.3 Å². The van der Waals surface area contributed by atoms with Crippen LogP contribution in [0.25, 0.3) is 20.7 Å². The van der Waals surface area contributed by atoms with Gasteiger partial charge in [0.15, 0.2) is 0 Å². The van der Waals surface area contributed by atoms with Crippen LogP contribution >= 0.6 is 11.3 Å². The van der Waals surface area contributed by atoms with Crippen LogP contribution in [0.3, 0.4) is 0 Å². The Morgan fingerprint density at radius 1 is 1.29 bits per heavy atom. The number of carbonyl (C=O) groups excluding carboxylic acids is 2. The second kappa shape index (κ2) is 8.99. The number of nitrogens with zero attached hydrogens (tertiary/aromatic N) is 3. The van der Waals surface area contributed by atoms with Crippen LogP contribution in [-0.4, -0.2) is 47.7 Å². The van der Waals surface area contributed by atoms with Gasteiger partial charge >= 0.3 is 12.1 Å². The Hall–Kier alpha value is -3.04. The van der Waals surface area contributed by atoms with E-state index in [9.17, 15) is 9.59 Å². The molecule has 0 bridgehead atoms. The number of amides is 1. The highest BCUT2D eigenvalue weighted by molar-refractivity contribution is 7.22. The van der Waals surface area contributed by atoms with Crippen molar-refractivity contribution in [3.63, 3.8) is 0 Å². The molecule has 3 heterocycles. The average molecular weight is 440 g/mol.